The van der Waals surface area contributed by atoms with Crippen molar-refractivity contribution in [3.8, 4) is 0 Å². The van der Waals surface area contributed by atoms with Crippen molar-refractivity contribution >= 4 is 16.5 Å². The van der Waals surface area contributed by atoms with Gasteiger partial charge in [-0.25, -0.2) is 0 Å². The first-order valence-electron chi connectivity index (χ1n) is 4.35. The second-order valence-corrected chi connectivity index (χ2v) is 3.07. The quantitative estimate of drug-likeness (QED) is 0.422. The van der Waals surface area contributed by atoms with E-state index in [1.54, 1.807) is 13.1 Å². The van der Waals surface area contributed by atoms with E-state index in [4.69, 9.17) is 5.21 Å². The summed E-state index contributed by atoms with van der Waals surface area (Å²) < 4.78 is 0. The van der Waals surface area contributed by atoms with Crippen molar-refractivity contribution in [2.75, 3.05) is 0 Å². The van der Waals surface area contributed by atoms with Gasteiger partial charge in [-0.2, -0.15) is 0 Å². The van der Waals surface area contributed by atoms with Crippen LogP contribution in [0.2, 0.25) is 0 Å². The van der Waals surface area contributed by atoms with E-state index in [-0.39, 0.29) is 0 Å². The van der Waals surface area contributed by atoms with Gasteiger partial charge in [-0.05, 0) is 18.4 Å². The van der Waals surface area contributed by atoms with Gasteiger partial charge in [-0.1, -0.05) is 29.4 Å². The van der Waals surface area contributed by atoms with E-state index < -0.39 is 0 Å². The lowest BCUT2D eigenvalue weighted by Crippen LogP contribution is -1.99. The van der Waals surface area contributed by atoms with Crippen molar-refractivity contribution in [3.05, 3.63) is 42.2 Å². The molecule has 0 aliphatic rings. The second-order valence-electron chi connectivity index (χ2n) is 3.07. The number of rotatable bonds is 1. The smallest absolute Gasteiger partial charge is 0.103 e. The molecule has 0 unspecified atom stereocenters. The highest BCUT2D eigenvalue weighted by molar-refractivity contribution is 6.07. The standard InChI is InChI=1S/C11H10N2O/c1-8(13-14)11-10-5-3-2-4-9(10)6-7-12-11/h2-7,14H,1H3/b13-8+. The average Bonchev–Trinajstić information content (AvgIpc) is 2.27. The number of benzene rings is 1. The zero-order valence-electron chi connectivity index (χ0n) is 7.81. The molecule has 0 fully saturated rings. The number of pyridine rings is 1. The first kappa shape index (κ1) is 8.69. The molecule has 0 saturated heterocycles. The lowest BCUT2D eigenvalue weighted by molar-refractivity contribution is 0.319. The Hall–Kier alpha value is -1.90. The molecular formula is C11H10N2O. The summed E-state index contributed by atoms with van der Waals surface area (Å²) in [6.07, 6.45) is 1.71. The molecule has 0 bridgehead atoms. The summed E-state index contributed by atoms with van der Waals surface area (Å²) in [7, 11) is 0. The summed E-state index contributed by atoms with van der Waals surface area (Å²) in [5.41, 5.74) is 1.26. The van der Waals surface area contributed by atoms with Crippen LogP contribution in [0.15, 0.2) is 41.7 Å². The van der Waals surface area contributed by atoms with Crippen LogP contribution in [0.25, 0.3) is 10.8 Å². The van der Waals surface area contributed by atoms with Gasteiger partial charge in [0.2, 0.25) is 0 Å². The number of nitrogens with zero attached hydrogens (tertiary/aromatic N) is 2. The second kappa shape index (κ2) is 3.46. The molecule has 0 aliphatic carbocycles. The Morgan fingerprint density at radius 3 is 2.86 bits per heavy atom. The minimum Gasteiger partial charge on any atom is -0.411 e. The molecule has 70 valence electrons. The molecule has 3 nitrogen and oxygen atoms in total. The highest BCUT2D eigenvalue weighted by Gasteiger charge is 2.04. The van der Waals surface area contributed by atoms with Crippen LogP contribution in [0, 0.1) is 0 Å². The lowest BCUT2D eigenvalue weighted by atomic mass is 10.1. The van der Waals surface area contributed by atoms with E-state index >= 15 is 0 Å². The van der Waals surface area contributed by atoms with E-state index in [0.717, 1.165) is 16.5 Å². The van der Waals surface area contributed by atoms with Gasteiger partial charge < -0.3 is 5.21 Å². The first-order valence-corrected chi connectivity index (χ1v) is 4.35. The normalized spacial score (nSPS) is 11.9. The van der Waals surface area contributed by atoms with Crippen LogP contribution in [0.1, 0.15) is 12.6 Å². The summed E-state index contributed by atoms with van der Waals surface area (Å²) in [6, 6.07) is 9.82. The van der Waals surface area contributed by atoms with Crippen molar-refractivity contribution in [2.24, 2.45) is 5.16 Å². The molecule has 14 heavy (non-hydrogen) atoms. The maximum Gasteiger partial charge on any atom is 0.103 e. The van der Waals surface area contributed by atoms with Gasteiger partial charge in [0.1, 0.15) is 5.71 Å². The fourth-order valence-corrected chi connectivity index (χ4v) is 1.46. The largest absolute Gasteiger partial charge is 0.411 e. The van der Waals surface area contributed by atoms with Crippen LogP contribution < -0.4 is 0 Å². The van der Waals surface area contributed by atoms with Gasteiger partial charge in [0, 0.05) is 11.6 Å². The highest BCUT2D eigenvalue weighted by Crippen LogP contribution is 2.16. The number of fused-ring (bicyclic) bond motifs is 1. The molecule has 1 N–H and O–H groups in total. The number of hydrogen-bond donors (Lipinski definition) is 1. The van der Waals surface area contributed by atoms with Crippen LogP contribution in [0.3, 0.4) is 0 Å². The first-order chi connectivity index (χ1) is 6.83. The fraction of sp³-hybridized carbons (Fsp3) is 0.0909. The molecule has 1 aromatic carbocycles. The van der Waals surface area contributed by atoms with Crippen LogP contribution in [-0.4, -0.2) is 15.9 Å². The number of oxime groups is 1. The third-order valence-electron chi connectivity index (χ3n) is 2.17. The molecule has 2 aromatic rings. The van der Waals surface area contributed by atoms with E-state index in [9.17, 15) is 0 Å². The highest BCUT2D eigenvalue weighted by atomic mass is 16.4. The van der Waals surface area contributed by atoms with E-state index in [1.807, 2.05) is 30.3 Å². The zero-order valence-corrected chi connectivity index (χ0v) is 7.81. The Kier molecular flexibility index (Phi) is 2.14. The third kappa shape index (κ3) is 1.33. The van der Waals surface area contributed by atoms with Crippen LogP contribution in [0.4, 0.5) is 0 Å². The summed E-state index contributed by atoms with van der Waals surface area (Å²) in [5, 5.41) is 14.0. The Labute approximate surface area is 81.7 Å². The predicted octanol–water partition coefficient (Wildman–Crippen LogP) is 2.43. The minimum atomic E-state index is 0.529. The van der Waals surface area contributed by atoms with Crippen LogP contribution in [-0.2, 0) is 0 Å². The van der Waals surface area contributed by atoms with Crippen LogP contribution >= 0.6 is 0 Å². The molecule has 0 spiro atoms. The van der Waals surface area contributed by atoms with Gasteiger partial charge in [0.05, 0.1) is 5.69 Å². The minimum absolute atomic E-state index is 0.529. The zero-order chi connectivity index (χ0) is 9.97. The van der Waals surface area contributed by atoms with Crippen molar-refractivity contribution in [2.45, 2.75) is 6.92 Å². The monoisotopic (exact) mass is 186 g/mol. The molecular weight excluding hydrogens is 176 g/mol. The molecule has 2 rings (SSSR count). The van der Waals surface area contributed by atoms with E-state index in [0.29, 0.717) is 5.71 Å². The van der Waals surface area contributed by atoms with Gasteiger partial charge >= 0.3 is 0 Å². The summed E-state index contributed by atoms with van der Waals surface area (Å²) in [5.74, 6) is 0. The van der Waals surface area contributed by atoms with E-state index in [1.165, 1.54) is 0 Å². The van der Waals surface area contributed by atoms with Gasteiger partial charge in [-0.3, -0.25) is 4.98 Å². The van der Waals surface area contributed by atoms with Crippen LogP contribution in [0.5, 0.6) is 0 Å². The Balaban J connectivity index is 2.77. The van der Waals surface area contributed by atoms with Gasteiger partial charge in [0.25, 0.3) is 0 Å². The Bertz CT molecular complexity index is 486. The third-order valence-corrected chi connectivity index (χ3v) is 2.17. The lowest BCUT2D eigenvalue weighted by Gasteiger charge is -2.02. The van der Waals surface area contributed by atoms with Gasteiger partial charge in [-0.15, -0.1) is 0 Å². The number of aromatic nitrogens is 1. The summed E-state index contributed by atoms with van der Waals surface area (Å²) in [6.45, 7) is 1.73. The number of hydrogen-bond acceptors (Lipinski definition) is 3. The molecule has 0 radical (unpaired) electrons. The Morgan fingerprint density at radius 1 is 1.29 bits per heavy atom. The van der Waals surface area contributed by atoms with Crippen molar-refractivity contribution in [1.29, 1.82) is 0 Å². The van der Waals surface area contributed by atoms with Crippen molar-refractivity contribution < 1.29 is 5.21 Å². The van der Waals surface area contributed by atoms with Gasteiger partial charge in [0.15, 0.2) is 0 Å². The molecule has 0 amide bonds. The maximum atomic E-state index is 8.70. The van der Waals surface area contributed by atoms with Crippen molar-refractivity contribution in [1.82, 2.24) is 4.98 Å². The molecule has 0 saturated carbocycles. The fourth-order valence-electron chi connectivity index (χ4n) is 1.46. The molecule has 0 atom stereocenters. The Morgan fingerprint density at radius 2 is 2.07 bits per heavy atom. The summed E-state index contributed by atoms with van der Waals surface area (Å²) in [4.78, 5) is 4.19. The average molecular weight is 186 g/mol. The van der Waals surface area contributed by atoms with Crippen molar-refractivity contribution in [3.63, 3.8) is 0 Å². The predicted molar refractivity (Wildman–Crippen MR) is 55.7 cm³/mol. The topological polar surface area (TPSA) is 45.5 Å². The molecule has 3 heteroatoms. The maximum absolute atomic E-state index is 8.70. The van der Waals surface area contributed by atoms with E-state index in [2.05, 4.69) is 10.1 Å². The summed E-state index contributed by atoms with van der Waals surface area (Å²) >= 11 is 0. The SMILES string of the molecule is C/C(=N\O)c1nccc2ccccc12. The molecule has 0 aliphatic heterocycles. The molecule has 1 aromatic heterocycles. The molecule has 1 heterocycles.